The number of hydrogen-bond acceptors (Lipinski definition) is 2. The van der Waals surface area contributed by atoms with E-state index in [1.165, 1.54) is 6.07 Å². The summed E-state index contributed by atoms with van der Waals surface area (Å²) in [6, 6.07) is 2.43. The SMILES string of the molecule is Cc1ccc(C(F)F)c(C(=O)O)n1. The van der Waals surface area contributed by atoms with E-state index in [4.69, 9.17) is 5.11 Å². The number of alkyl halides is 2. The number of aryl methyl sites for hydroxylation is 1. The van der Waals surface area contributed by atoms with Gasteiger partial charge in [0.15, 0.2) is 5.69 Å². The molecule has 70 valence electrons. The van der Waals surface area contributed by atoms with Crippen LogP contribution in [0.4, 0.5) is 8.78 Å². The summed E-state index contributed by atoms with van der Waals surface area (Å²) < 4.78 is 24.4. The van der Waals surface area contributed by atoms with Gasteiger partial charge in [-0.05, 0) is 19.1 Å². The quantitative estimate of drug-likeness (QED) is 0.770. The zero-order chi connectivity index (χ0) is 10.0. The largest absolute Gasteiger partial charge is 0.476 e. The highest BCUT2D eigenvalue weighted by atomic mass is 19.3. The molecule has 0 bridgehead atoms. The molecule has 0 aliphatic rings. The molecule has 0 radical (unpaired) electrons. The van der Waals surface area contributed by atoms with Crippen LogP contribution >= 0.6 is 0 Å². The maximum atomic E-state index is 12.2. The van der Waals surface area contributed by atoms with E-state index in [2.05, 4.69) is 4.98 Å². The summed E-state index contributed by atoms with van der Waals surface area (Å²) in [5, 5.41) is 8.54. The highest BCUT2D eigenvalue weighted by Gasteiger charge is 2.18. The summed E-state index contributed by atoms with van der Waals surface area (Å²) in [5.74, 6) is -1.43. The molecule has 0 aliphatic carbocycles. The Morgan fingerprint density at radius 2 is 2.15 bits per heavy atom. The van der Waals surface area contributed by atoms with Gasteiger partial charge >= 0.3 is 5.97 Å². The molecule has 0 spiro atoms. The van der Waals surface area contributed by atoms with E-state index in [1.807, 2.05) is 0 Å². The van der Waals surface area contributed by atoms with Gasteiger partial charge in [0, 0.05) is 5.69 Å². The second-order valence-electron chi connectivity index (χ2n) is 2.50. The Morgan fingerprint density at radius 3 is 2.62 bits per heavy atom. The van der Waals surface area contributed by atoms with Gasteiger partial charge in [0.1, 0.15) is 0 Å². The van der Waals surface area contributed by atoms with Crippen molar-refractivity contribution in [2.75, 3.05) is 0 Å². The molecule has 0 amide bonds. The van der Waals surface area contributed by atoms with E-state index < -0.39 is 23.7 Å². The number of carbonyl (C=O) groups is 1. The first-order valence-corrected chi connectivity index (χ1v) is 3.51. The molecular weight excluding hydrogens is 180 g/mol. The molecule has 0 saturated heterocycles. The molecule has 0 saturated carbocycles. The molecule has 5 heteroatoms. The Hall–Kier alpha value is -1.52. The number of halogens is 2. The Bertz CT molecular complexity index is 339. The van der Waals surface area contributed by atoms with Gasteiger partial charge < -0.3 is 5.11 Å². The summed E-state index contributed by atoms with van der Waals surface area (Å²) in [7, 11) is 0. The predicted molar refractivity (Wildman–Crippen MR) is 40.9 cm³/mol. The van der Waals surface area contributed by atoms with Gasteiger partial charge in [0.05, 0.1) is 5.56 Å². The first-order valence-electron chi connectivity index (χ1n) is 3.51. The van der Waals surface area contributed by atoms with E-state index in [0.29, 0.717) is 5.69 Å². The molecule has 1 aromatic rings. The van der Waals surface area contributed by atoms with Crippen LogP contribution in [0, 0.1) is 6.92 Å². The van der Waals surface area contributed by atoms with E-state index in [9.17, 15) is 13.6 Å². The lowest BCUT2D eigenvalue weighted by molar-refractivity contribution is 0.0677. The van der Waals surface area contributed by atoms with Gasteiger partial charge in [0.25, 0.3) is 6.43 Å². The average Bonchev–Trinajstić information content (AvgIpc) is 2.03. The average molecular weight is 187 g/mol. The van der Waals surface area contributed by atoms with Crippen LogP contribution in [0.2, 0.25) is 0 Å². The summed E-state index contributed by atoms with van der Waals surface area (Å²) in [6.07, 6.45) is -2.81. The van der Waals surface area contributed by atoms with E-state index in [1.54, 1.807) is 6.92 Å². The van der Waals surface area contributed by atoms with Gasteiger partial charge in [-0.15, -0.1) is 0 Å². The molecule has 0 atom stereocenters. The minimum absolute atomic E-state index is 0.404. The van der Waals surface area contributed by atoms with Crippen molar-refractivity contribution < 1.29 is 18.7 Å². The molecule has 13 heavy (non-hydrogen) atoms. The number of carboxylic acid groups (broad SMARTS) is 1. The van der Waals surface area contributed by atoms with Crippen LogP contribution < -0.4 is 0 Å². The number of nitrogens with zero attached hydrogens (tertiary/aromatic N) is 1. The summed E-state index contributed by atoms with van der Waals surface area (Å²) >= 11 is 0. The highest BCUT2D eigenvalue weighted by molar-refractivity contribution is 5.87. The predicted octanol–water partition coefficient (Wildman–Crippen LogP) is 2.03. The second kappa shape index (κ2) is 3.47. The number of carboxylic acids is 1. The number of hydrogen-bond donors (Lipinski definition) is 1. The lowest BCUT2D eigenvalue weighted by Gasteiger charge is -2.03. The van der Waals surface area contributed by atoms with Crippen LogP contribution in [-0.4, -0.2) is 16.1 Å². The third-order valence-electron chi connectivity index (χ3n) is 1.50. The Morgan fingerprint density at radius 1 is 1.54 bits per heavy atom. The molecular formula is C8H7F2NO2. The van der Waals surface area contributed by atoms with Crippen molar-refractivity contribution in [3.8, 4) is 0 Å². The molecule has 3 nitrogen and oxygen atoms in total. The van der Waals surface area contributed by atoms with Crippen molar-refractivity contribution in [2.24, 2.45) is 0 Å². The standard InChI is InChI=1S/C8H7F2NO2/c1-4-2-3-5(7(9)10)6(11-4)8(12)13/h2-3,7H,1H3,(H,12,13). The van der Waals surface area contributed by atoms with Crippen LogP contribution in [0.5, 0.6) is 0 Å². The second-order valence-corrected chi connectivity index (χ2v) is 2.50. The number of aromatic nitrogens is 1. The molecule has 1 N–H and O–H groups in total. The van der Waals surface area contributed by atoms with Crippen molar-refractivity contribution in [1.29, 1.82) is 0 Å². The number of pyridine rings is 1. The van der Waals surface area contributed by atoms with Crippen molar-refractivity contribution in [1.82, 2.24) is 4.98 Å². The van der Waals surface area contributed by atoms with Crippen molar-refractivity contribution in [3.05, 3.63) is 29.1 Å². The lowest BCUT2D eigenvalue weighted by atomic mass is 10.2. The van der Waals surface area contributed by atoms with Gasteiger partial charge in [-0.2, -0.15) is 0 Å². The van der Waals surface area contributed by atoms with Gasteiger partial charge in [-0.1, -0.05) is 0 Å². The van der Waals surface area contributed by atoms with E-state index in [0.717, 1.165) is 6.07 Å². The summed E-state index contributed by atoms with van der Waals surface area (Å²) in [6.45, 7) is 1.54. The maximum Gasteiger partial charge on any atom is 0.355 e. The number of aromatic carboxylic acids is 1. The van der Waals surface area contributed by atoms with Crippen LogP contribution in [0.25, 0.3) is 0 Å². The zero-order valence-electron chi connectivity index (χ0n) is 6.79. The first-order chi connectivity index (χ1) is 6.02. The molecule has 0 unspecified atom stereocenters. The van der Waals surface area contributed by atoms with Crippen LogP contribution in [0.3, 0.4) is 0 Å². The normalized spacial score (nSPS) is 10.5. The summed E-state index contributed by atoms with van der Waals surface area (Å²) in [5.41, 5.74) is -0.713. The van der Waals surface area contributed by atoms with Gasteiger partial charge in [-0.3, -0.25) is 0 Å². The lowest BCUT2D eigenvalue weighted by Crippen LogP contribution is -2.06. The van der Waals surface area contributed by atoms with Crippen LogP contribution in [0.1, 0.15) is 28.2 Å². The highest BCUT2D eigenvalue weighted by Crippen LogP contribution is 2.21. The minimum atomic E-state index is -2.81. The Labute approximate surface area is 73.0 Å². The fraction of sp³-hybridized carbons (Fsp3) is 0.250. The fourth-order valence-electron chi connectivity index (χ4n) is 0.915. The minimum Gasteiger partial charge on any atom is -0.476 e. The Kier molecular flexibility index (Phi) is 2.55. The summed E-state index contributed by atoms with van der Waals surface area (Å²) in [4.78, 5) is 14.0. The Balaban J connectivity index is 3.27. The molecule has 1 aromatic heterocycles. The van der Waals surface area contributed by atoms with E-state index in [-0.39, 0.29) is 0 Å². The monoisotopic (exact) mass is 187 g/mol. The molecule has 0 aromatic carbocycles. The molecule has 1 heterocycles. The van der Waals surface area contributed by atoms with E-state index >= 15 is 0 Å². The van der Waals surface area contributed by atoms with Crippen LogP contribution in [-0.2, 0) is 0 Å². The van der Waals surface area contributed by atoms with Crippen molar-refractivity contribution in [2.45, 2.75) is 13.3 Å². The zero-order valence-corrected chi connectivity index (χ0v) is 6.79. The smallest absolute Gasteiger partial charge is 0.355 e. The van der Waals surface area contributed by atoms with Gasteiger partial charge in [-0.25, -0.2) is 18.6 Å². The third-order valence-corrected chi connectivity index (χ3v) is 1.50. The maximum absolute atomic E-state index is 12.2. The first kappa shape index (κ1) is 9.57. The topological polar surface area (TPSA) is 50.2 Å². The third kappa shape index (κ3) is 1.99. The van der Waals surface area contributed by atoms with Crippen LogP contribution in [0.15, 0.2) is 12.1 Å². The molecule has 0 aliphatic heterocycles. The van der Waals surface area contributed by atoms with Crippen molar-refractivity contribution in [3.63, 3.8) is 0 Å². The van der Waals surface area contributed by atoms with Gasteiger partial charge in [0.2, 0.25) is 0 Å². The molecule has 1 rings (SSSR count). The fourth-order valence-corrected chi connectivity index (χ4v) is 0.915. The number of rotatable bonds is 2. The van der Waals surface area contributed by atoms with Crippen molar-refractivity contribution >= 4 is 5.97 Å². The molecule has 0 fully saturated rings.